The number of hydrogen-bond donors (Lipinski definition) is 0. The van der Waals surface area contributed by atoms with E-state index in [0.717, 1.165) is 57.6 Å². The third-order valence-electron chi connectivity index (χ3n) is 7.23. The topological polar surface area (TPSA) is 64.2 Å². The molecule has 0 saturated carbocycles. The third kappa shape index (κ3) is 5.26. The lowest BCUT2D eigenvalue weighted by Gasteiger charge is -2.26. The molecule has 5 heterocycles. The molecule has 192 valence electrons. The zero-order chi connectivity index (χ0) is 25.2. The first-order valence-electron chi connectivity index (χ1n) is 13.2. The van der Waals surface area contributed by atoms with Gasteiger partial charge in [0.1, 0.15) is 19.0 Å². The molecule has 1 fully saturated rings. The Balaban J connectivity index is 1.13. The maximum atomic E-state index is 5.99. The second-order valence-electron chi connectivity index (χ2n) is 10.2. The van der Waals surface area contributed by atoms with E-state index < -0.39 is 0 Å². The van der Waals surface area contributed by atoms with Crippen LogP contribution in [0.5, 0.6) is 5.75 Å². The molecular weight excluding hydrogens is 482 g/mol. The Morgan fingerprint density at radius 3 is 2.68 bits per heavy atom. The monoisotopic (exact) mass is 515 g/mol. The number of thiophene rings is 1. The number of hydrogen-bond acceptors (Lipinski definition) is 7. The number of ether oxygens (including phenoxy) is 2. The predicted octanol–water partition coefficient (Wildman–Crippen LogP) is 5.79. The van der Waals surface area contributed by atoms with Crippen LogP contribution in [-0.4, -0.2) is 64.3 Å². The van der Waals surface area contributed by atoms with Crippen molar-refractivity contribution in [2.24, 2.45) is 10.9 Å². The van der Waals surface area contributed by atoms with Crippen LogP contribution < -0.4 is 4.74 Å². The number of piperidine rings is 1. The van der Waals surface area contributed by atoms with Crippen LogP contribution in [-0.2, 0) is 4.74 Å². The normalized spacial score (nSPS) is 18.4. The Labute approximate surface area is 221 Å². The van der Waals surface area contributed by atoms with Crippen molar-refractivity contribution in [1.29, 1.82) is 0 Å². The van der Waals surface area contributed by atoms with E-state index in [4.69, 9.17) is 19.5 Å². The van der Waals surface area contributed by atoms with Crippen LogP contribution in [0.15, 0.2) is 59.3 Å². The van der Waals surface area contributed by atoms with Gasteiger partial charge in [-0.25, -0.2) is 14.5 Å². The molecule has 0 radical (unpaired) electrons. The number of rotatable bonds is 8. The third-order valence-corrected chi connectivity index (χ3v) is 8.15. The Morgan fingerprint density at radius 1 is 1.05 bits per heavy atom. The van der Waals surface area contributed by atoms with E-state index in [1.807, 2.05) is 35.2 Å². The van der Waals surface area contributed by atoms with Gasteiger partial charge in [0, 0.05) is 30.1 Å². The maximum absolute atomic E-state index is 5.99. The first kappa shape index (κ1) is 24.1. The summed E-state index contributed by atoms with van der Waals surface area (Å²) in [4.78, 5) is 13.1. The van der Waals surface area contributed by atoms with E-state index in [9.17, 15) is 0 Å². The van der Waals surface area contributed by atoms with Crippen LogP contribution in [0.2, 0.25) is 0 Å². The first-order valence-corrected chi connectivity index (χ1v) is 14.1. The van der Waals surface area contributed by atoms with Crippen LogP contribution in [0, 0.1) is 5.92 Å². The van der Waals surface area contributed by atoms with Gasteiger partial charge in [0.25, 0.3) is 0 Å². The number of likely N-dealkylation sites (tertiary alicyclic amines) is 1. The largest absolute Gasteiger partial charge is 0.492 e. The van der Waals surface area contributed by atoms with Gasteiger partial charge in [-0.2, -0.15) is 5.10 Å². The average molecular weight is 516 g/mol. The van der Waals surface area contributed by atoms with E-state index in [2.05, 4.69) is 47.4 Å². The van der Waals surface area contributed by atoms with Gasteiger partial charge >= 0.3 is 0 Å². The van der Waals surface area contributed by atoms with Crippen molar-refractivity contribution in [2.75, 3.05) is 32.8 Å². The van der Waals surface area contributed by atoms with Crippen molar-refractivity contribution in [1.82, 2.24) is 19.5 Å². The Hall–Kier alpha value is -3.23. The summed E-state index contributed by atoms with van der Waals surface area (Å²) < 4.78 is 13.7. The average Bonchev–Trinajstić information content (AvgIpc) is 3.69. The minimum atomic E-state index is 0.234. The van der Waals surface area contributed by atoms with Crippen molar-refractivity contribution in [2.45, 2.75) is 39.2 Å². The van der Waals surface area contributed by atoms with Crippen molar-refractivity contribution < 1.29 is 9.47 Å². The lowest BCUT2D eigenvalue weighted by Crippen LogP contribution is -2.33. The summed E-state index contributed by atoms with van der Waals surface area (Å²) in [6.07, 6.45) is 9.80. The molecule has 0 amide bonds. The van der Waals surface area contributed by atoms with Gasteiger partial charge in [0.2, 0.25) is 5.90 Å². The molecule has 1 saturated heterocycles. The van der Waals surface area contributed by atoms with Crippen LogP contribution in [0.1, 0.15) is 38.0 Å². The fourth-order valence-electron chi connectivity index (χ4n) is 4.90. The second-order valence-corrected chi connectivity index (χ2v) is 11.1. The molecule has 8 heteroatoms. The van der Waals surface area contributed by atoms with E-state index in [-0.39, 0.29) is 6.04 Å². The fourth-order valence-corrected chi connectivity index (χ4v) is 5.76. The number of aromatic nitrogens is 3. The zero-order valence-electron chi connectivity index (χ0n) is 21.5. The highest BCUT2D eigenvalue weighted by molar-refractivity contribution is 7.12. The summed E-state index contributed by atoms with van der Waals surface area (Å²) in [7, 11) is 0. The molecule has 6 rings (SSSR count). The molecular formula is C29H33N5O2S. The van der Waals surface area contributed by atoms with Crippen molar-refractivity contribution in [3.05, 3.63) is 59.2 Å². The van der Waals surface area contributed by atoms with Crippen LogP contribution in [0.3, 0.4) is 0 Å². The fraction of sp³-hybridized carbons (Fsp3) is 0.414. The Kier molecular flexibility index (Phi) is 6.93. The highest BCUT2D eigenvalue weighted by Gasteiger charge is 2.24. The van der Waals surface area contributed by atoms with Crippen LogP contribution in [0.4, 0.5) is 0 Å². The molecule has 0 aliphatic carbocycles. The Morgan fingerprint density at radius 2 is 1.89 bits per heavy atom. The SMILES string of the molecule is CC(C)C1COC(c2cc(-c3cnn4cc(-c5ccc(OCCN6CCCCC6)cc5)cnc34)cs2)=N1. The lowest BCUT2D eigenvalue weighted by atomic mass is 10.1. The molecule has 0 N–H and O–H groups in total. The highest BCUT2D eigenvalue weighted by Crippen LogP contribution is 2.31. The second kappa shape index (κ2) is 10.6. The van der Waals surface area contributed by atoms with Gasteiger partial charge in [-0.05, 0) is 66.6 Å². The summed E-state index contributed by atoms with van der Waals surface area (Å²) in [6.45, 7) is 9.14. The summed E-state index contributed by atoms with van der Waals surface area (Å²) >= 11 is 1.65. The van der Waals surface area contributed by atoms with Crippen molar-refractivity contribution in [3.63, 3.8) is 0 Å². The summed E-state index contributed by atoms with van der Waals surface area (Å²) in [5.74, 6) is 2.13. The first-order chi connectivity index (χ1) is 18.1. The molecule has 0 spiro atoms. The maximum Gasteiger partial charge on any atom is 0.226 e. The van der Waals surface area contributed by atoms with Gasteiger partial charge in [-0.3, -0.25) is 4.90 Å². The summed E-state index contributed by atoms with van der Waals surface area (Å²) in [5, 5.41) is 6.72. The van der Waals surface area contributed by atoms with Gasteiger partial charge in [0.05, 0.1) is 17.1 Å². The molecule has 1 aromatic carbocycles. The minimum Gasteiger partial charge on any atom is -0.492 e. The number of aliphatic imine (C=N–C) groups is 1. The van der Waals surface area contributed by atoms with Crippen LogP contribution in [0.25, 0.3) is 27.9 Å². The minimum absolute atomic E-state index is 0.234. The molecule has 4 aromatic rings. The molecule has 3 aromatic heterocycles. The smallest absolute Gasteiger partial charge is 0.226 e. The van der Waals surface area contributed by atoms with Gasteiger partial charge in [0.15, 0.2) is 5.65 Å². The molecule has 2 aliphatic rings. The van der Waals surface area contributed by atoms with E-state index >= 15 is 0 Å². The van der Waals surface area contributed by atoms with E-state index in [1.54, 1.807) is 11.3 Å². The quantitative estimate of drug-likeness (QED) is 0.297. The molecule has 1 atom stereocenters. The summed E-state index contributed by atoms with van der Waals surface area (Å²) in [6, 6.07) is 10.6. The standard InChI is InChI=1S/C29H33N5O2S/c1-20(2)26-18-36-29(32-26)27-14-22(19-37-27)25-16-31-34-17-23(15-30-28(25)34)21-6-8-24(9-7-21)35-13-12-33-10-4-3-5-11-33/h6-9,14-17,19-20,26H,3-5,10-13,18H2,1-2H3. The van der Waals surface area contributed by atoms with Gasteiger partial charge < -0.3 is 9.47 Å². The molecule has 0 bridgehead atoms. The summed E-state index contributed by atoms with van der Waals surface area (Å²) in [5.41, 5.74) is 5.02. The number of nitrogens with zero attached hydrogens (tertiary/aromatic N) is 5. The van der Waals surface area contributed by atoms with E-state index in [0.29, 0.717) is 12.5 Å². The number of fused-ring (bicyclic) bond motifs is 1. The predicted molar refractivity (Wildman–Crippen MR) is 149 cm³/mol. The number of benzene rings is 1. The van der Waals surface area contributed by atoms with Gasteiger partial charge in [-0.1, -0.05) is 32.4 Å². The molecule has 37 heavy (non-hydrogen) atoms. The molecule has 2 aliphatic heterocycles. The van der Waals surface area contributed by atoms with Gasteiger partial charge in [-0.15, -0.1) is 11.3 Å². The highest BCUT2D eigenvalue weighted by atomic mass is 32.1. The van der Waals surface area contributed by atoms with Crippen LogP contribution >= 0.6 is 11.3 Å². The van der Waals surface area contributed by atoms with E-state index in [1.165, 1.54) is 32.4 Å². The van der Waals surface area contributed by atoms with Crippen molar-refractivity contribution in [3.8, 4) is 28.0 Å². The lowest BCUT2D eigenvalue weighted by molar-refractivity contribution is 0.183. The zero-order valence-corrected chi connectivity index (χ0v) is 22.3. The Bertz CT molecular complexity index is 1390. The molecule has 7 nitrogen and oxygen atoms in total. The van der Waals surface area contributed by atoms with Crippen molar-refractivity contribution >= 4 is 22.9 Å². The molecule has 1 unspecified atom stereocenters.